The highest BCUT2D eigenvalue weighted by atomic mass is 16.3. The molecule has 0 aliphatic carbocycles. The maximum atomic E-state index is 12.8. The van der Waals surface area contributed by atoms with Gasteiger partial charge in [-0.3, -0.25) is 4.79 Å². The van der Waals surface area contributed by atoms with E-state index in [0.717, 1.165) is 31.6 Å². The number of benzene rings is 1. The van der Waals surface area contributed by atoms with Crippen LogP contribution in [-0.4, -0.2) is 51.4 Å². The van der Waals surface area contributed by atoms with E-state index in [9.17, 15) is 9.90 Å². The number of hydrogen-bond acceptors (Lipinski definition) is 4. The molecule has 2 N–H and O–H groups in total. The zero-order valence-corrected chi connectivity index (χ0v) is 13.3. The Labute approximate surface area is 135 Å². The van der Waals surface area contributed by atoms with Crippen LogP contribution >= 0.6 is 0 Å². The molecule has 0 saturated carbocycles. The van der Waals surface area contributed by atoms with Crippen molar-refractivity contribution in [3.05, 3.63) is 42.2 Å². The molecular formula is C17H22N4O2. The van der Waals surface area contributed by atoms with Crippen LogP contribution in [0.1, 0.15) is 30.3 Å². The van der Waals surface area contributed by atoms with Gasteiger partial charge in [-0.25, -0.2) is 4.68 Å². The van der Waals surface area contributed by atoms with Crippen molar-refractivity contribution in [1.82, 2.24) is 20.0 Å². The number of carbonyl (C=O) groups excluding carboxylic acids is 1. The Kier molecular flexibility index (Phi) is 4.62. The number of rotatable bonds is 5. The van der Waals surface area contributed by atoms with Gasteiger partial charge >= 0.3 is 0 Å². The first-order chi connectivity index (χ1) is 11.2. The Morgan fingerprint density at radius 3 is 2.87 bits per heavy atom. The summed E-state index contributed by atoms with van der Waals surface area (Å²) in [7, 11) is 0. The van der Waals surface area contributed by atoms with Crippen molar-refractivity contribution >= 4 is 5.91 Å². The molecule has 1 fully saturated rings. The Morgan fingerprint density at radius 2 is 2.22 bits per heavy atom. The number of nitrogens with zero attached hydrogens (tertiary/aromatic N) is 3. The Morgan fingerprint density at radius 1 is 1.43 bits per heavy atom. The number of para-hydroxylation sites is 1. The van der Waals surface area contributed by atoms with Crippen molar-refractivity contribution in [2.45, 2.75) is 25.8 Å². The molecule has 1 aliphatic heterocycles. The van der Waals surface area contributed by atoms with Crippen LogP contribution in [0.3, 0.4) is 0 Å². The average molecular weight is 314 g/mol. The summed E-state index contributed by atoms with van der Waals surface area (Å²) in [5, 5.41) is 17.8. The molecule has 2 heterocycles. The largest absolute Gasteiger partial charge is 0.504 e. The minimum absolute atomic E-state index is 0.0779. The van der Waals surface area contributed by atoms with Gasteiger partial charge in [0.25, 0.3) is 5.91 Å². The lowest BCUT2D eigenvalue weighted by Crippen LogP contribution is -2.42. The van der Waals surface area contributed by atoms with E-state index in [4.69, 9.17) is 0 Å². The third kappa shape index (κ3) is 3.22. The Hall–Kier alpha value is -2.34. The molecule has 1 saturated heterocycles. The van der Waals surface area contributed by atoms with Gasteiger partial charge in [0.15, 0.2) is 11.4 Å². The van der Waals surface area contributed by atoms with Crippen LogP contribution < -0.4 is 5.32 Å². The molecule has 6 heteroatoms. The first-order valence-electron chi connectivity index (χ1n) is 8.06. The summed E-state index contributed by atoms with van der Waals surface area (Å²) in [4.78, 5) is 14.7. The molecule has 1 aromatic heterocycles. The number of hydrogen-bond donors (Lipinski definition) is 2. The summed E-state index contributed by atoms with van der Waals surface area (Å²) in [6.45, 7) is 4.43. The van der Waals surface area contributed by atoms with Crippen molar-refractivity contribution in [2.75, 3.05) is 19.6 Å². The van der Waals surface area contributed by atoms with E-state index in [-0.39, 0.29) is 23.4 Å². The monoisotopic (exact) mass is 314 g/mol. The zero-order chi connectivity index (χ0) is 16.2. The molecule has 3 rings (SSSR count). The van der Waals surface area contributed by atoms with Crippen LogP contribution in [0.5, 0.6) is 5.75 Å². The molecule has 23 heavy (non-hydrogen) atoms. The summed E-state index contributed by atoms with van der Waals surface area (Å²) >= 11 is 0. The molecule has 1 aliphatic rings. The van der Waals surface area contributed by atoms with E-state index in [0.29, 0.717) is 6.54 Å². The van der Waals surface area contributed by atoms with E-state index in [1.165, 1.54) is 6.20 Å². The number of carbonyl (C=O) groups is 1. The van der Waals surface area contributed by atoms with Gasteiger partial charge in [-0.05, 0) is 31.5 Å². The quantitative estimate of drug-likeness (QED) is 0.883. The maximum absolute atomic E-state index is 12.8. The topological polar surface area (TPSA) is 70.4 Å². The van der Waals surface area contributed by atoms with Gasteiger partial charge in [0.05, 0.1) is 11.9 Å². The highest BCUT2D eigenvalue weighted by Gasteiger charge is 2.30. The van der Waals surface area contributed by atoms with E-state index in [1.807, 2.05) is 42.2 Å². The van der Waals surface area contributed by atoms with Gasteiger partial charge in [-0.2, -0.15) is 5.10 Å². The fourth-order valence-electron chi connectivity index (χ4n) is 2.96. The lowest BCUT2D eigenvalue weighted by Gasteiger charge is -2.27. The molecule has 1 atom stereocenters. The van der Waals surface area contributed by atoms with Crippen LogP contribution in [0, 0.1) is 0 Å². The fourth-order valence-corrected chi connectivity index (χ4v) is 2.96. The zero-order valence-electron chi connectivity index (χ0n) is 13.3. The lowest BCUT2D eigenvalue weighted by atomic mass is 10.2. The summed E-state index contributed by atoms with van der Waals surface area (Å²) in [5.41, 5.74) is 0.931. The number of amides is 1. The average Bonchev–Trinajstić information content (AvgIpc) is 3.22. The number of nitrogens with one attached hydrogen (secondary N) is 1. The van der Waals surface area contributed by atoms with Gasteiger partial charge in [0.2, 0.25) is 0 Å². The van der Waals surface area contributed by atoms with E-state index < -0.39 is 0 Å². The molecule has 0 bridgehead atoms. The highest BCUT2D eigenvalue weighted by molar-refractivity contribution is 5.95. The lowest BCUT2D eigenvalue weighted by molar-refractivity contribution is 0.0682. The van der Waals surface area contributed by atoms with Crippen LogP contribution in [-0.2, 0) is 0 Å². The third-order valence-electron chi connectivity index (χ3n) is 4.12. The van der Waals surface area contributed by atoms with E-state index >= 15 is 0 Å². The van der Waals surface area contributed by atoms with E-state index in [2.05, 4.69) is 10.4 Å². The van der Waals surface area contributed by atoms with Crippen molar-refractivity contribution in [2.24, 2.45) is 0 Å². The minimum Gasteiger partial charge on any atom is -0.504 e. The number of aromatic nitrogens is 2. The third-order valence-corrected chi connectivity index (χ3v) is 4.12. The van der Waals surface area contributed by atoms with Gasteiger partial charge < -0.3 is 15.3 Å². The molecule has 6 nitrogen and oxygen atoms in total. The van der Waals surface area contributed by atoms with Crippen molar-refractivity contribution in [3.63, 3.8) is 0 Å². The van der Waals surface area contributed by atoms with Crippen molar-refractivity contribution < 1.29 is 9.90 Å². The molecule has 2 aromatic rings. The second-order valence-electron chi connectivity index (χ2n) is 5.79. The summed E-state index contributed by atoms with van der Waals surface area (Å²) in [6, 6.07) is 9.63. The summed E-state index contributed by atoms with van der Waals surface area (Å²) in [6.07, 6.45) is 3.30. The normalized spacial score (nSPS) is 17.3. The molecule has 1 aromatic carbocycles. The van der Waals surface area contributed by atoms with Crippen LogP contribution in [0.25, 0.3) is 5.69 Å². The predicted molar refractivity (Wildman–Crippen MR) is 87.8 cm³/mol. The van der Waals surface area contributed by atoms with Crippen molar-refractivity contribution in [3.8, 4) is 11.4 Å². The van der Waals surface area contributed by atoms with E-state index in [1.54, 1.807) is 4.68 Å². The molecule has 0 spiro atoms. The first-order valence-corrected chi connectivity index (χ1v) is 8.06. The maximum Gasteiger partial charge on any atom is 0.278 e. The highest BCUT2D eigenvalue weighted by Crippen LogP contribution is 2.22. The van der Waals surface area contributed by atoms with Crippen molar-refractivity contribution in [1.29, 1.82) is 0 Å². The summed E-state index contributed by atoms with van der Waals surface area (Å²) in [5.74, 6) is -0.279. The Balaban J connectivity index is 1.87. The van der Waals surface area contributed by atoms with Gasteiger partial charge in [-0.15, -0.1) is 0 Å². The van der Waals surface area contributed by atoms with Crippen LogP contribution in [0.15, 0.2) is 36.5 Å². The predicted octanol–water partition coefficient (Wildman–Crippen LogP) is 1.79. The number of aromatic hydroxyl groups is 1. The molecule has 1 amide bonds. The standard InChI is InChI=1S/C17H22N4O2/c1-2-10-20(14-8-9-18-11-14)17(23)16-15(22)12-21(19-16)13-6-4-3-5-7-13/h3-7,12,14,18,22H,2,8-11H2,1H3. The van der Waals surface area contributed by atoms with Crippen LogP contribution in [0.4, 0.5) is 0 Å². The van der Waals surface area contributed by atoms with Gasteiger partial charge in [0, 0.05) is 19.1 Å². The fraction of sp³-hybridized carbons (Fsp3) is 0.412. The molecule has 0 radical (unpaired) electrons. The van der Waals surface area contributed by atoms with Gasteiger partial charge in [0.1, 0.15) is 0 Å². The molecule has 1 unspecified atom stereocenters. The Bertz CT molecular complexity index is 662. The first kappa shape index (κ1) is 15.6. The second-order valence-corrected chi connectivity index (χ2v) is 5.79. The molecule has 122 valence electrons. The van der Waals surface area contributed by atoms with Gasteiger partial charge in [-0.1, -0.05) is 25.1 Å². The summed E-state index contributed by atoms with van der Waals surface area (Å²) < 4.78 is 1.54. The molecular weight excluding hydrogens is 292 g/mol. The smallest absolute Gasteiger partial charge is 0.278 e. The second kappa shape index (κ2) is 6.83. The SMILES string of the molecule is CCCN(C(=O)c1nn(-c2ccccc2)cc1O)C1CCNC1. The minimum atomic E-state index is -0.201. The van der Waals surface area contributed by atoms with Crippen LogP contribution in [0.2, 0.25) is 0 Å².